The molecule has 86 valence electrons. The van der Waals surface area contributed by atoms with Crippen molar-refractivity contribution in [1.29, 1.82) is 0 Å². The minimum absolute atomic E-state index is 0.210. The summed E-state index contributed by atoms with van der Waals surface area (Å²) in [4.78, 5) is 24.2. The zero-order valence-corrected chi connectivity index (χ0v) is 9.66. The zero-order chi connectivity index (χ0) is 11.6. The lowest BCUT2D eigenvalue weighted by Gasteiger charge is -2.39. The van der Waals surface area contributed by atoms with E-state index in [0.29, 0.717) is 12.8 Å². The van der Waals surface area contributed by atoms with Crippen LogP contribution in [0.25, 0.3) is 0 Å². The highest BCUT2D eigenvalue weighted by Gasteiger charge is 2.76. The standard InChI is InChI=1S/C13H16O3/c1-3-12-8-5-6-9(7-8)13(12,4-2)11(15)16-10(12)14/h5-6,8-9H,3-4,7H2,1-2H3. The number of hydrogen-bond acceptors (Lipinski definition) is 3. The first kappa shape index (κ1) is 10.1. The summed E-state index contributed by atoms with van der Waals surface area (Å²) in [7, 11) is 0. The maximum Gasteiger partial charge on any atom is 0.321 e. The van der Waals surface area contributed by atoms with Crippen LogP contribution in [0.5, 0.6) is 0 Å². The van der Waals surface area contributed by atoms with Crippen LogP contribution in [0.3, 0.4) is 0 Å². The van der Waals surface area contributed by atoms with E-state index in [-0.39, 0.29) is 23.8 Å². The third kappa shape index (κ3) is 0.702. The van der Waals surface area contributed by atoms with Crippen LogP contribution in [0, 0.1) is 22.7 Å². The second kappa shape index (κ2) is 2.76. The quantitative estimate of drug-likeness (QED) is 0.406. The summed E-state index contributed by atoms with van der Waals surface area (Å²) in [6.45, 7) is 4.00. The highest BCUT2D eigenvalue weighted by molar-refractivity contribution is 6.03. The number of carbonyl (C=O) groups is 2. The Bertz CT molecular complexity index is 375. The average Bonchev–Trinajstić information content (AvgIpc) is 2.89. The van der Waals surface area contributed by atoms with Crippen LogP contribution in [-0.4, -0.2) is 11.9 Å². The van der Waals surface area contributed by atoms with Crippen molar-refractivity contribution in [3.05, 3.63) is 12.2 Å². The molecule has 1 saturated heterocycles. The molecule has 0 aromatic rings. The Morgan fingerprint density at radius 3 is 1.94 bits per heavy atom. The summed E-state index contributed by atoms with van der Waals surface area (Å²) in [5.41, 5.74) is -1.11. The molecular weight excluding hydrogens is 204 g/mol. The van der Waals surface area contributed by atoms with Crippen molar-refractivity contribution in [2.24, 2.45) is 22.7 Å². The molecule has 0 spiro atoms. The van der Waals surface area contributed by atoms with Gasteiger partial charge in [-0.05, 0) is 31.1 Å². The van der Waals surface area contributed by atoms with Gasteiger partial charge in [-0.2, -0.15) is 0 Å². The summed E-state index contributed by atoms with van der Waals surface area (Å²) in [5.74, 6) is -0.139. The van der Waals surface area contributed by atoms with Gasteiger partial charge in [0.2, 0.25) is 0 Å². The van der Waals surface area contributed by atoms with E-state index in [2.05, 4.69) is 12.2 Å². The fraction of sp³-hybridized carbons (Fsp3) is 0.692. The number of carbonyl (C=O) groups excluding carboxylic acids is 2. The fourth-order valence-electron chi connectivity index (χ4n) is 4.47. The van der Waals surface area contributed by atoms with Crippen LogP contribution in [0.1, 0.15) is 33.1 Å². The molecule has 0 N–H and O–H groups in total. The lowest BCUT2D eigenvalue weighted by Crippen LogP contribution is -2.47. The maximum atomic E-state index is 12.1. The predicted octanol–water partition coefficient (Wildman–Crippen LogP) is 2.07. The van der Waals surface area contributed by atoms with Gasteiger partial charge < -0.3 is 4.74 Å². The summed E-state index contributed by atoms with van der Waals surface area (Å²) >= 11 is 0. The number of allylic oxidation sites excluding steroid dienone is 2. The topological polar surface area (TPSA) is 43.4 Å². The molecule has 4 atom stereocenters. The third-order valence-electron chi connectivity index (χ3n) is 5.17. The molecule has 4 unspecified atom stereocenters. The van der Waals surface area contributed by atoms with Crippen LogP contribution in [0.2, 0.25) is 0 Å². The Balaban J connectivity index is 2.26. The highest BCUT2D eigenvalue weighted by atomic mass is 16.6. The van der Waals surface area contributed by atoms with Crippen molar-refractivity contribution < 1.29 is 14.3 Å². The molecular formula is C13H16O3. The molecule has 1 saturated carbocycles. The zero-order valence-electron chi connectivity index (χ0n) is 9.66. The molecule has 3 aliphatic rings. The van der Waals surface area contributed by atoms with Crippen LogP contribution >= 0.6 is 0 Å². The van der Waals surface area contributed by atoms with Gasteiger partial charge in [0, 0.05) is 0 Å². The maximum absolute atomic E-state index is 12.1. The van der Waals surface area contributed by atoms with Gasteiger partial charge in [0.15, 0.2) is 0 Å². The fourth-order valence-corrected chi connectivity index (χ4v) is 4.47. The van der Waals surface area contributed by atoms with E-state index in [9.17, 15) is 9.59 Å². The normalized spacial score (nSPS) is 48.6. The summed E-state index contributed by atoms with van der Waals surface area (Å²) < 4.78 is 4.98. The second-order valence-corrected chi connectivity index (χ2v) is 5.16. The van der Waals surface area contributed by atoms with Gasteiger partial charge >= 0.3 is 11.9 Å². The highest BCUT2D eigenvalue weighted by Crippen LogP contribution is 2.70. The van der Waals surface area contributed by atoms with Crippen molar-refractivity contribution >= 4 is 11.9 Å². The van der Waals surface area contributed by atoms with Crippen LogP contribution in [-0.2, 0) is 14.3 Å². The largest absolute Gasteiger partial charge is 0.392 e. The van der Waals surface area contributed by atoms with Gasteiger partial charge in [0.1, 0.15) is 0 Å². The molecule has 16 heavy (non-hydrogen) atoms. The number of fused-ring (bicyclic) bond motifs is 5. The lowest BCUT2D eigenvalue weighted by atomic mass is 9.57. The van der Waals surface area contributed by atoms with Crippen molar-refractivity contribution in [1.82, 2.24) is 0 Å². The van der Waals surface area contributed by atoms with Crippen LogP contribution in [0.4, 0.5) is 0 Å². The van der Waals surface area contributed by atoms with Gasteiger partial charge in [-0.25, -0.2) is 0 Å². The third-order valence-corrected chi connectivity index (χ3v) is 5.17. The Morgan fingerprint density at radius 2 is 1.56 bits per heavy atom. The number of cyclic esters (lactones) is 2. The minimum Gasteiger partial charge on any atom is -0.392 e. The SMILES string of the molecule is CCC12C(=O)OC(=O)C1(CC)C1C=CC2C1. The smallest absolute Gasteiger partial charge is 0.321 e. The molecule has 3 nitrogen and oxygen atoms in total. The molecule has 2 bridgehead atoms. The Labute approximate surface area is 94.8 Å². The number of rotatable bonds is 2. The van der Waals surface area contributed by atoms with Gasteiger partial charge in [0.25, 0.3) is 0 Å². The minimum atomic E-state index is -0.557. The van der Waals surface area contributed by atoms with Crippen molar-refractivity contribution in [3.63, 3.8) is 0 Å². The van der Waals surface area contributed by atoms with E-state index in [1.165, 1.54) is 0 Å². The first-order chi connectivity index (χ1) is 7.63. The van der Waals surface area contributed by atoms with Gasteiger partial charge in [-0.15, -0.1) is 0 Å². The average molecular weight is 220 g/mol. The van der Waals surface area contributed by atoms with Crippen molar-refractivity contribution in [2.75, 3.05) is 0 Å². The monoisotopic (exact) mass is 220 g/mol. The second-order valence-electron chi connectivity index (χ2n) is 5.16. The van der Waals surface area contributed by atoms with E-state index in [0.717, 1.165) is 6.42 Å². The lowest BCUT2D eigenvalue weighted by molar-refractivity contribution is -0.157. The van der Waals surface area contributed by atoms with Crippen molar-refractivity contribution in [3.8, 4) is 0 Å². The number of hydrogen-bond donors (Lipinski definition) is 0. The molecule has 2 aliphatic carbocycles. The molecule has 0 amide bonds. The predicted molar refractivity (Wildman–Crippen MR) is 57.3 cm³/mol. The van der Waals surface area contributed by atoms with Gasteiger partial charge in [-0.1, -0.05) is 26.0 Å². The molecule has 0 aromatic heterocycles. The molecule has 1 aliphatic heterocycles. The van der Waals surface area contributed by atoms with E-state index >= 15 is 0 Å². The number of esters is 2. The van der Waals surface area contributed by atoms with E-state index in [1.54, 1.807) is 0 Å². The molecule has 2 fully saturated rings. The van der Waals surface area contributed by atoms with E-state index < -0.39 is 10.8 Å². The summed E-state index contributed by atoms with van der Waals surface area (Å²) in [6.07, 6.45) is 6.58. The molecule has 0 radical (unpaired) electrons. The number of ether oxygens (including phenoxy) is 1. The molecule has 1 heterocycles. The van der Waals surface area contributed by atoms with Gasteiger partial charge in [0.05, 0.1) is 10.8 Å². The van der Waals surface area contributed by atoms with Gasteiger partial charge in [-0.3, -0.25) is 9.59 Å². The van der Waals surface area contributed by atoms with E-state index in [4.69, 9.17) is 4.74 Å². The van der Waals surface area contributed by atoms with Crippen molar-refractivity contribution in [2.45, 2.75) is 33.1 Å². The first-order valence-electron chi connectivity index (χ1n) is 6.08. The molecule has 0 aromatic carbocycles. The van der Waals surface area contributed by atoms with Crippen LogP contribution < -0.4 is 0 Å². The molecule has 3 heteroatoms. The Morgan fingerprint density at radius 1 is 1.12 bits per heavy atom. The Kier molecular flexibility index (Phi) is 1.74. The molecule has 3 rings (SSSR count). The first-order valence-corrected chi connectivity index (χ1v) is 6.08. The summed E-state index contributed by atoms with van der Waals surface area (Å²) in [5, 5.41) is 0. The van der Waals surface area contributed by atoms with E-state index in [1.807, 2.05) is 13.8 Å². The Hall–Kier alpha value is -1.12. The van der Waals surface area contributed by atoms with Crippen LogP contribution in [0.15, 0.2) is 12.2 Å². The summed E-state index contributed by atoms with van der Waals surface area (Å²) in [6, 6.07) is 0.